The third kappa shape index (κ3) is 3.44. The van der Waals surface area contributed by atoms with Crippen molar-refractivity contribution in [3.05, 3.63) is 35.8 Å². The minimum absolute atomic E-state index is 0.401. The van der Waals surface area contributed by atoms with E-state index >= 15 is 0 Å². The van der Waals surface area contributed by atoms with Crippen LogP contribution >= 0.6 is 0 Å². The molecule has 0 aliphatic carbocycles. The molecule has 0 atom stereocenters. The molecule has 2 N–H and O–H groups in total. The Labute approximate surface area is 114 Å². The van der Waals surface area contributed by atoms with Crippen LogP contribution in [0.25, 0.3) is 11.3 Å². The Bertz CT molecular complexity index is 564. The second-order valence-corrected chi connectivity index (χ2v) is 4.92. The van der Waals surface area contributed by atoms with Gasteiger partial charge in [-0.3, -0.25) is 0 Å². The highest BCUT2D eigenvalue weighted by molar-refractivity contribution is 5.66. The van der Waals surface area contributed by atoms with E-state index in [4.69, 9.17) is 0 Å². The molecule has 0 radical (unpaired) electrons. The largest absolute Gasteiger partial charge is 0.374 e. The summed E-state index contributed by atoms with van der Waals surface area (Å²) >= 11 is 0. The summed E-state index contributed by atoms with van der Waals surface area (Å²) in [5.74, 6) is 0.940. The quantitative estimate of drug-likeness (QED) is 0.651. The number of aromatic amines is 1. The monoisotopic (exact) mass is 256 g/mol. The van der Waals surface area contributed by atoms with Crippen LogP contribution in [0.15, 0.2) is 29.3 Å². The molecule has 0 bridgehead atoms. The number of H-pyrrole nitrogens is 1. The van der Waals surface area contributed by atoms with Gasteiger partial charge in [0.1, 0.15) is 5.82 Å². The van der Waals surface area contributed by atoms with Gasteiger partial charge in [-0.25, -0.2) is 9.98 Å². The first-order chi connectivity index (χ1) is 9.06. The second-order valence-electron chi connectivity index (χ2n) is 4.92. The maximum atomic E-state index is 4.49. The van der Waals surface area contributed by atoms with Gasteiger partial charge in [0.2, 0.25) is 0 Å². The highest BCUT2D eigenvalue weighted by Gasteiger charge is 2.06. The van der Waals surface area contributed by atoms with Gasteiger partial charge in [-0.2, -0.15) is 0 Å². The van der Waals surface area contributed by atoms with Crippen molar-refractivity contribution in [2.75, 3.05) is 0 Å². The molecular weight excluding hydrogens is 236 g/mol. The lowest BCUT2D eigenvalue weighted by Gasteiger charge is -2.02. The summed E-state index contributed by atoms with van der Waals surface area (Å²) in [5, 5.41) is 3.14. The van der Waals surface area contributed by atoms with Crippen LogP contribution in [0.1, 0.15) is 25.4 Å². The zero-order chi connectivity index (χ0) is 13.8. The van der Waals surface area contributed by atoms with E-state index in [1.165, 1.54) is 0 Å². The Kier molecular flexibility index (Phi) is 4.00. The van der Waals surface area contributed by atoms with Gasteiger partial charge >= 0.3 is 0 Å². The molecule has 0 saturated heterocycles. The fourth-order valence-corrected chi connectivity index (χ4v) is 1.86. The number of hydrogen-bond donors (Lipinski definition) is 2. The van der Waals surface area contributed by atoms with E-state index in [9.17, 15) is 0 Å². The minimum atomic E-state index is 0.401. The van der Waals surface area contributed by atoms with Crippen molar-refractivity contribution in [1.29, 1.82) is 0 Å². The van der Waals surface area contributed by atoms with E-state index in [2.05, 4.69) is 34.1 Å². The number of nitrogens with one attached hydrogen (secondary N) is 2. The SMILES string of the molecule is Cc1nc(-c2ccc(/N=C/NC(C)C)cc2)c(C)[nH]1. The third-order valence-electron chi connectivity index (χ3n) is 2.77. The molecule has 19 heavy (non-hydrogen) atoms. The van der Waals surface area contributed by atoms with Crippen molar-refractivity contribution >= 4 is 12.0 Å². The average Bonchev–Trinajstić information content (AvgIpc) is 2.69. The second kappa shape index (κ2) is 5.69. The van der Waals surface area contributed by atoms with Crippen LogP contribution in [-0.2, 0) is 0 Å². The van der Waals surface area contributed by atoms with Crippen LogP contribution in [0, 0.1) is 13.8 Å². The number of hydrogen-bond acceptors (Lipinski definition) is 2. The molecule has 2 aromatic rings. The maximum Gasteiger partial charge on any atom is 0.103 e. The molecule has 100 valence electrons. The smallest absolute Gasteiger partial charge is 0.103 e. The van der Waals surface area contributed by atoms with Crippen molar-refractivity contribution in [2.45, 2.75) is 33.7 Å². The predicted octanol–water partition coefficient (Wildman–Crippen LogP) is 3.35. The van der Waals surface area contributed by atoms with Crippen molar-refractivity contribution in [3.63, 3.8) is 0 Å². The Morgan fingerprint density at radius 3 is 2.42 bits per heavy atom. The fraction of sp³-hybridized carbons (Fsp3) is 0.333. The van der Waals surface area contributed by atoms with E-state index in [-0.39, 0.29) is 0 Å². The molecule has 1 aromatic carbocycles. The summed E-state index contributed by atoms with van der Waals surface area (Å²) in [6, 6.07) is 8.49. The van der Waals surface area contributed by atoms with Crippen LogP contribution in [0.2, 0.25) is 0 Å². The summed E-state index contributed by atoms with van der Waals surface area (Å²) in [4.78, 5) is 12.1. The molecular formula is C15H20N4. The van der Waals surface area contributed by atoms with Crippen LogP contribution in [0.3, 0.4) is 0 Å². The van der Waals surface area contributed by atoms with Gasteiger partial charge in [0.25, 0.3) is 0 Å². The number of aromatic nitrogens is 2. The zero-order valence-corrected chi connectivity index (χ0v) is 11.9. The van der Waals surface area contributed by atoms with E-state index < -0.39 is 0 Å². The molecule has 0 aliphatic heterocycles. The Morgan fingerprint density at radius 2 is 1.89 bits per heavy atom. The Balaban J connectivity index is 2.14. The van der Waals surface area contributed by atoms with Crippen LogP contribution < -0.4 is 5.32 Å². The normalized spacial score (nSPS) is 11.4. The Hall–Kier alpha value is -2.10. The van der Waals surface area contributed by atoms with Crippen molar-refractivity contribution in [2.24, 2.45) is 4.99 Å². The molecule has 0 fully saturated rings. The molecule has 0 aliphatic rings. The summed E-state index contributed by atoms with van der Waals surface area (Å²) < 4.78 is 0. The number of imidazole rings is 1. The van der Waals surface area contributed by atoms with E-state index in [1.807, 2.05) is 38.1 Å². The standard InChI is InChI=1S/C15H20N4/c1-10(2)16-9-17-14-7-5-13(6-8-14)15-11(3)18-12(4)19-15/h5-10H,1-4H3,(H,16,17)(H,18,19). The lowest BCUT2D eigenvalue weighted by Crippen LogP contribution is -2.19. The van der Waals surface area contributed by atoms with Crippen molar-refractivity contribution in [3.8, 4) is 11.3 Å². The van der Waals surface area contributed by atoms with Gasteiger partial charge in [0.05, 0.1) is 17.7 Å². The van der Waals surface area contributed by atoms with Gasteiger partial charge in [-0.05, 0) is 39.8 Å². The molecule has 0 saturated carbocycles. The fourth-order valence-electron chi connectivity index (χ4n) is 1.86. The minimum Gasteiger partial charge on any atom is -0.374 e. The summed E-state index contributed by atoms with van der Waals surface area (Å²) in [6.07, 6.45) is 1.74. The summed E-state index contributed by atoms with van der Waals surface area (Å²) in [6.45, 7) is 8.16. The van der Waals surface area contributed by atoms with Crippen molar-refractivity contribution < 1.29 is 0 Å². The third-order valence-corrected chi connectivity index (χ3v) is 2.77. The first kappa shape index (κ1) is 13.3. The van der Waals surface area contributed by atoms with E-state index in [0.29, 0.717) is 6.04 Å². The van der Waals surface area contributed by atoms with Gasteiger partial charge < -0.3 is 10.3 Å². The molecule has 0 unspecified atom stereocenters. The summed E-state index contributed by atoms with van der Waals surface area (Å²) in [5.41, 5.74) is 4.14. The van der Waals surface area contributed by atoms with Gasteiger partial charge in [0.15, 0.2) is 0 Å². The molecule has 4 heteroatoms. The highest BCUT2D eigenvalue weighted by atomic mass is 15.0. The number of rotatable bonds is 4. The van der Waals surface area contributed by atoms with Crippen LogP contribution in [0.4, 0.5) is 5.69 Å². The number of benzene rings is 1. The number of aryl methyl sites for hydroxylation is 2. The zero-order valence-electron chi connectivity index (χ0n) is 11.9. The lowest BCUT2D eigenvalue weighted by molar-refractivity contribution is 0.744. The van der Waals surface area contributed by atoms with Gasteiger partial charge in [-0.1, -0.05) is 12.1 Å². The lowest BCUT2D eigenvalue weighted by atomic mass is 10.1. The molecule has 1 heterocycles. The van der Waals surface area contributed by atoms with Crippen LogP contribution in [0.5, 0.6) is 0 Å². The van der Waals surface area contributed by atoms with Crippen LogP contribution in [-0.4, -0.2) is 22.3 Å². The van der Waals surface area contributed by atoms with Gasteiger partial charge in [0, 0.05) is 17.3 Å². The maximum absolute atomic E-state index is 4.49. The average molecular weight is 256 g/mol. The first-order valence-electron chi connectivity index (χ1n) is 6.48. The molecule has 0 spiro atoms. The first-order valence-corrected chi connectivity index (χ1v) is 6.48. The van der Waals surface area contributed by atoms with E-state index in [0.717, 1.165) is 28.5 Å². The number of nitrogens with zero attached hydrogens (tertiary/aromatic N) is 2. The molecule has 1 aromatic heterocycles. The molecule has 4 nitrogen and oxygen atoms in total. The Morgan fingerprint density at radius 1 is 1.21 bits per heavy atom. The van der Waals surface area contributed by atoms with Gasteiger partial charge in [-0.15, -0.1) is 0 Å². The van der Waals surface area contributed by atoms with E-state index in [1.54, 1.807) is 6.34 Å². The molecule has 0 amide bonds. The predicted molar refractivity (Wildman–Crippen MR) is 79.9 cm³/mol. The summed E-state index contributed by atoms with van der Waals surface area (Å²) in [7, 11) is 0. The number of aliphatic imine (C=N–C) groups is 1. The van der Waals surface area contributed by atoms with Crippen molar-refractivity contribution in [1.82, 2.24) is 15.3 Å². The highest BCUT2D eigenvalue weighted by Crippen LogP contribution is 2.23. The topological polar surface area (TPSA) is 53.1 Å². The molecule has 2 rings (SSSR count).